The molecule has 2 aliphatic rings. The Balaban J connectivity index is 1.30. The molecular weight excluding hydrogens is 601 g/mol. The lowest BCUT2D eigenvalue weighted by molar-refractivity contribution is 0.0847. The molecule has 0 spiro atoms. The van der Waals surface area contributed by atoms with Crippen LogP contribution in [0, 0.1) is 0 Å². The fraction of sp³-hybridized carbons (Fsp3) is 0.522. The van der Waals surface area contributed by atoms with Gasteiger partial charge in [-0.2, -0.15) is 0 Å². The Morgan fingerprint density at radius 1 is 0.510 bits per heavy atom. The monoisotopic (exact) mass is 664 g/mol. The number of hydrogen-bond acceptors (Lipinski definition) is 3. The van der Waals surface area contributed by atoms with Crippen molar-refractivity contribution in [3.8, 4) is 0 Å². The number of carbonyl (C=O) groups is 2. The highest BCUT2D eigenvalue weighted by molar-refractivity contribution is 6.25. The zero-order valence-electron chi connectivity index (χ0n) is 32.3. The van der Waals surface area contributed by atoms with Crippen LogP contribution in [0.5, 0.6) is 0 Å². The fourth-order valence-corrected chi connectivity index (χ4v) is 6.75. The number of benzene rings is 1. The Bertz CT molecular complexity index is 1530. The largest absolute Gasteiger partial charge is 0.345 e. The number of Topliss-reactive ketones (excluding diaryl/α,β-unsaturated/α-hetero) is 2. The Kier molecular flexibility index (Phi) is 15.7. The SMILES string of the molecule is CC(C)=CCC/C(C)=C/CC/C(C)=C/CC/C(C)=C/CC/C(C)=C/CC/C(C)=C/CC/C(C)=C/C[C@@]12O[C@]1(C)C(=O)c1ccccc1C2=O. The Morgan fingerprint density at radius 3 is 1.20 bits per heavy atom. The second-order valence-electron chi connectivity index (χ2n) is 15.2. The lowest BCUT2D eigenvalue weighted by atomic mass is 9.73. The number of allylic oxidation sites excluding steroid dienone is 13. The normalized spacial score (nSPS) is 21.9. The van der Waals surface area contributed by atoms with Gasteiger partial charge in [0.2, 0.25) is 0 Å². The third-order valence-electron chi connectivity index (χ3n) is 10.3. The van der Waals surface area contributed by atoms with E-state index in [0.29, 0.717) is 17.5 Å². The average Bonchev–Trinajstić information content (AvgIpc) is 3.69. The van der Waals surface area contributed by atoms with Gasteiger partial charge in [0.25, 0.3) is 0 Å². The summed E-state index contributed by atoms with van der Waals surface area (Å²) >= 11 is 0. The van der Waals surface area contributed by atoms with E-state index >= 15 is 0 Å². The van der Waals surface area contributed by atoms with Gasteiger partial charge in [-0.3, -0.25) is 9.59 Å². The first-order valence-corrected chi connectivity index (χ1v) is 18.7. The maximum Gasteiger partial charge on any atom is 0.199 e. The van der Waals surface area contributed by atoms with Crippen molar-refractivity contribution in [2.45, 2.75) is 157 Å². The summed E-state index contributed by atoms with van der Waals surface area (Å²) in [5.41, 5.74) is 8.95. The minimum Gasteiger partial charge on any atom is -0.345 e. The summed E-state index contributed by atoms with van der Waals surface area (Å²) in [6.45, 7) is 19.5. The molecule has 3 nitrogen and oxygen atoms in total. The van der Waals surface area contributed by atoms with Gasteiger partial charge in [-0.25, -0.2) is 0 Å². The molecule has 3 heteroatoms. The number of epoxide rings is 1. The second-order valence-corrected chi connectivity index (χ2v) is 15.2. The van der Waals surface area contributed by atoms with E-state index in [-0.39, 0.29) is 11.6 Å². The number of carbonyl (C=O) groups excluding carboxylic acids is 2. The molecule has 49 heavy (non-hydrogen) atoms. The summed E-state index contributed by atoms with van der Waals surface area (Å²) in [7, 11) is 0. The maximum absolute atomic E-state index is 13.3. The molecule has 1 aromatic carbocycles. The van der Waals surface area contributed by atoms with E-state index < -0.39 is 11.2 Å². The Labute approximate surface area is 299 Å². The summed E-state index contributed by atoms with van der Waals surface area (Å²) in [6.07, 6.45) is 30.2. The van der Waals surface area contributed by atoms with Crippen molar-refractivity contribution in [3.63, 3.8) is 0 Å². The summed E-state index contributed by atoms with van der Waals surface area (Å²) in [4.78, 5) is 26.3. The topological polar surface area (TPSA) is 46.7 Å². The first-order chi connectivity index (χ1) is 23.3. The van der Waals surface area contributed by atoms with Crippen LogP contribution in [0.25, 0.3) is 0 Å². The first-order valence-electron chi connectivity index (χ1n) is 18.7. The lowest BCUT2D eigenvalue weighted by Gasteiger charge is -2.22. The minimum atomic E-state index is -1.04. The molecule has 1 aromatic rings. The molecule has 266 valence electrons. The number of rotatable bonds is 20. The molecule has 2 atom stereocenters. The molecule has 0 aromatic heterocycles. The standard InChI is InChI=1S/C46H64O3/c1-34(2)18-12-19-35(3)20-13-21-36(4)22-14-23-37(5)24-15-25-38(6)26-16-27-39(7)28-17-29-40(8)32-33-46-44(48)42-31-11-10-30-41(42)43(47)45(46,9)49-46/h10-11,18,20,22,24,26,28,30-32H,12-17,19,21,23,25,27,29,33H2,1-9H3/b35-20+,36-22+,37-24+,38-26+,39-28+,40-32+/t45-,46+/m1/s1. The molecule has 1 saturated heterocycles. The zero-order valence-corrected chi connectivity index (χ0v) is 32.3. The van der Waals surface area contributed by atoms with E-state index in [0.717, 1.165) is 70.6 Å². The summed E-state index contributed by atoms with van der Waals surface area (Å²) in [5, 5.41) is 0. The highest BCUT2D eigenvalue weighted by Gasteiger charge is 2.77. The number of ketones is 2. The van der Waals surface area contributed by atoms with Crippen molar-refractivity contribution >= 4 is 11.6 Å². The van der Waals surface area contributed by atoms with Crippen LogP contribution in [0.3, 0.4) is 0 Å². The average molecular weight is 665 g/mol. The van der Waals surface area contributed by atoms with Crippen LogP contribution in [0.1, 0.15) is 167 Å². The molecule has 0 bridgehead atoms. The van der Waals surface area contributed by atoms with Crippen molar-refractivity contribution in [1.29, 1.82) is 0 Å². The van der Waals surface area contributed by atoms with Crippen molar-refractivity contribution in [2.75, 3.05) is 0 Å². The first kappa shape index (κ1) is 40.1. The van der Waals surface area contributed by atoms with Crippen LogP contribution in [-0.2, 0) is 4.74 Å². The van der Waals surface area contributed by atoms with E-state index in [9.17, 15) is 9.59 Å². The van der Waals surface area contributed by atoms with Crippen molar-refractivity contribution in [2.24, 2.45) is 0 Å². The molecule has 1 aliphatic heterocycles. The van der Waals surface area contributed by atoms with Crippen LogP contribution in [0.2, 0.25) is 0 Å². The van der Waals surface area contributed by atoms with E-state index in [1.807, 2.05) is 6.07 Å². The van der Waals surface area contributed by atoms with E-state index in [4.69, 9.17) is 4.74 Å². The van der Waals surface area contributed by atoms with Gasteiger partial charge in [-0.15, -0.1) is 0 Å². The third-order valence-corrected chi connectivity index (χ3v) is 10.3. The van der Waals surface area contributed by atoms with Gasteiger partial charge in [0, 0.05) is 17.5 Å². The molecule has 0 unspecified atom stereocenters. The summed E-state index contributed by atoms with van der Waals surface area (Å²) in [6, 6.07) is 7.09. The molecule has 0 radical (unpaired) electrons. The van der Waals surface area contributed by atoms with Gasteiger partial charge in [0.1, 0.15) is 0 Å². The number of ether oxygens (including phenoxy) is 1. The molecule has 1 heterocycles. The van der Waals surface area contributed by atoms with Gasteiger partial charge in [-0.05, 0) is 139 Å². The molecule has 0 saturated carbocycles. The van der Waals surface area contributed by atoms with Gasteiger partial charge < -0.3 is 4.74 Å². The van der Waals surface area contributed by atoms with Crippen LogP contribution >= 0.6 is 0 Å². The molecule has 1 aliphatic carbocycles. The van der Waals surface area contributed by atoms with Crippen molar-refractivity contribution in [1.82, 2.24) is 0 Å². The van der Waals surface area contributed by atoms with Crippen LogP contribution < -0.4 is 0 Å². The van der Waals surface area contributed by atoms with Crippen molar-refractivity contribution in [3.05, 3.63) is 117 Å². The molecule has 0 N–H and O–H groups in total. The molecule has 1 fully saturated rings. The van der Waals surface area contributed by atoms with E-state index in [2.05, 4.69) is 97.9 Å². The van der Waals surface area contributed by atoms with E-state index in [1.165, 1.54) is 45.4 Å². The molecular formula is C46H64O3. The van der Waals surface area contributed by atoms with Crippen LogP contribution in [0.15, 0.2) is 106 Å². The minimum absolute atomic E-state index is 0.0616. The third kappa shape index (κ3) is 11.9. The molecule has 0 amide bonds. The summed E-state index contributed by atoms with van der Waals surface area (Å²) < 4.78 is 5.94. The van der Waals surface area contributed by atoms with E-state index in [1.54, 1.807) is 25.1 Å². The lowest BCUT2D eigenvalue weighted by Crippen LogP contribution is -2.43. The Hall–Kier alpha value is -3.30. The Morgan fingerprint density at radius 2 is 0.837 bits per heavy atom. The van der Waals surface area contributed by atoms with Gasteiger partial charge in [-0.1, -0.05) is 106 Å². The van der Waals surface area contributed by atoms with Crippen LogP contribution in [0.4, 0.5) is 0 Å². The van der Waals surface area contributed by atoms with Gasteiger partial charge in [0.15, 0.2) is 22.8 Å². The number of fused-ring (bicyclic) bond motifs is 2. The highest BCUT2D eigenvalue weighted by atomic mass is 16.6. The second kappa shape index (κ2) is 19.2. The van der Waals surface area contributed by atoms with Gasteiger partial charge >= 0.3 is 0 Å². The fourth-order valence-electron chi connectivity index (χ4n) is 6.75. The number of hydrogen-bond donors (Lipinski definition) is 0. The maximum atomic E-state index is 13.3. The quantitative estimate of drug-likeness (QED) is 0.103. The van der Waals surface area contributed by atoms with Crippen LogP contribution in [-0.4, -0.2) is 22.8 Å². The molecule has 3 rings (SSSR count). The summed E-state index contributed by atoms with van der Waals surface area (Å²) in [5.74, 6) is -0.138. The van der Waals surface area contributed by atoms with Gasteiger partial charge in [0.05, 0.1) is 0 Å². The highest BCUT2D eigenvalue weighted by Crippen LogP contribution is 2.57. The predicted octanol–water partition coefficient (Wildman–Crippen LogP) is 13.3. The van der Waals surface area contributed by atoms with Crippen molar-refractivity contribution < 1.29 is 14.3 Å². The predicted molar refractivity (Wildman–Crippen MR) is 209 cm³/mol. The zero-order chi connectivity index (χ0) is 36.0. The smallest absolute Gasteiger partial charge is 0.199 e.